The SMILES string of the molecule is COc1cccc([C@@H]2[C@H]3C(=O)N(c4cccc(Cl)c4C)C(=O)[C@@H]3ON2c2ccccc2)c1. The molecule has 2 amide bonds. The molecular weight excluding hydrogens is 428 g/mol. The summed E-state index contributed by atoms with van der Waals surface area (Å²) < 4.78 is 5.40. The van der Waals surface area contributed by atoms with Crippen LogP contribution in [0.15, 0.2) is 72.8 Å². The number of amides is 2. The van der Waals surface area contributed by atoms with E-state index in [9.17, 15) is 9.59 Å². The summed E-state index contributed by atoms with van der Waals surface area (Å²) in [5.41, 5.74) is 2.75. The molecule has 2 aliphatic heterocycles. The number of rotatable bonds is 4. The topological polar surface area (TPSA) is 59.1 Å². The van der Waals surface area contributed by atoms with Gasteiger partial charge < -0.3 is 4.74 Å². The van der Waals surface area contributed by atoms with Crippen molar-refractivity contribution in [2.45, 2.75) is 19.1 Å². The fraction of sp³-hybridized carbons (Fsp3) is 0.200. The highest BCUT2D eigenvalue weighted by Crippen LogP contribution is 2.48. The van der Waals surface area contributed by atoms with Crippen LogP contribution >= 0.6 is 11.6 Å². The number of benzene rings is 3. The number of hydrogen-bond donors (Lipinski definition) is 0. The monoisotopic (exact) mass is 448 g/mol. The van der Waals surface area contributed by atoms with E-state index in [1.165, 1.54) is 4.90 Å². The average molecular weight is 449 g/mol. The Morgan fingerprint density at radius 2 is 1.69 bits per heavy atom. The predicted molar refractivity (Wildman–Crippen MR) is 122 cm³/mol. The standard InChI is InChI=1S/C25H21ClN2O4/c1-15-19(26)12-7-13-20(15)27-24(29)21-22(16-8-6-11-18(14-16)31-2)28(32-23(21)25(27)30)17-9-4-3-5-10-17/h3-14,21-23H,1-2H3/t21-,22-,23-/m1/s1. The van der Waals surface area contributed by atoms with Crippen LogP contribution in [0.5, 0.6) is 5.75 Å². The Kier molecular flexibility index (Phi) is 5.12. The average Bonchev–Trinajstić information content (AvgIpc) is 3.33. The van der Waals surface area contributed by atoms with E-state index in [4.69, 9.17) is 21.2 Å². The van der Waals surface area contributed by atoms with E-state index in [-0.39, 0.29) is 5.91 Å². The van der Waals surface area contributed by atoms with Crippen LogP contribution in [0.2, 0.25) is 5.02 Å². The summed E-state index contributed by atoms with van der Waals surface area (Å²) in [5, 5.41) is 2.17. The van der Waals surface area contributed by atoms with E-state index in [0.29, 0.717) is 22.0 Å². The van der Waals surface area contributed by atoms with Crippen molar-refractivity contribution in [1.82, 2.24) is 0 Å². The van der Waals surface area contributed by atoms with Crippen molar-refractivity contribution in [2.75, 3.05) is 17.1 Å². The van der Waals surface area contributed by atoms with Crippen LogP contribution in [-0.2, 0) is 14.4 Å². The predicted octanol–water partition coefficient (Wildman–Crippen LogP) is 4.71. The Labute approximate surface area is 190 Å². The Bertz CT molecular complexity index is 1200. The molecule has 3 aromatic carbocycles. The van der Waals surface area contributed by atoms with Gasteiger partial charge in [-0.05, 0) is 54.4 Å². The van der Waals surface area contributed by atoms with Gasteiger partial charge in [-0.1, -0.05) is 48.0 Å². The Morgan fingerprint density at radius 1 is 0.938 bits per heavy atom. The highest BCUT2D eigenvalue weighted by molar-refractivity contribution is 6.32. The number of nitrogens with zero attached hydrogens (tertiary/aromatic N) is 2. The summed E-state index contributed by atoms with van der Waals surface area (Å²) in [6.45, 7) is 1.79. The smallest absolute Gasteiger partial charge is 0.266 e. The van der Waals surface area contributed by atoms with Gasteiger partial charge in [-0.2, -0.15) is 0 Å². The molecule has 0 unspecified atom stereocenters. The lowest BCUT2D eigenvalue weighted by molar-refractivity contribution is -0.126. The Morgan fingerprint density at radius 3 is 2.44 bits per heavy atom. The molecule has 0 bridgehead atoms. The van der Waals surface area contributed by atoms with Crippen LogP contribution in [0.4, 0.5) is 11.4 Å². The van der Waals surface area contributed by atoms with Crippen LogP contribution < -0.4 is 14.7 Å². The molecule has 2 heterocycles. The highest BCUT2D eigenvalue weighted by atomic mass is 35.5. The fourth-order valence-electron chi connectivity index (χ4n) is 4.45. The summed E-state index contributed by atoms with van der Waals surface area (Å²) in [5.74, 6) is -0.750. The van der Waals surface area contributed by atoms with Crippen molar-refractivity contribution in [3.63, 3.8) is 0 Å². The number of imide groups is 1. The van der Waals surface area contributed by atoms with Crippen molar-refractivity contribution in [3.05, 3.63) is 88.9 Å². The van der Waals surface area contributed by atoms with Gasteiger partial charge in [0.2, 0.25) is 5.91 Å². The molecule has 3 atom stereocenters. The van der Waals surface area contributed by atoms with Crippen molar-refractivity contribution < 1.29 is 19.2 Å². The van der Waals surface area contributed by atoms with Crippen LogP contribution in [0.25, 0.3) is 0 Å². The van der Waals surface area contributed by atoms with E-state index in [0.717, 1.165) is 11.3 Å². The zero-order chi connectivity index (χ0) is 22.4. The van der Waals surface area contributed by atoms with Gasteiger partial charge in [-0.3, -0.25) is 14.4 Å². The van der Waals surface area contributed by atoms with Crippen LogP contribution in [-0.4, -0.2) is 25.0 Å². The zero-order valence-electron chi connectivity index (χ0n) is 17.6. The molecule has 0 aliphatic carbocycles. The molecule has 32 heavy (non-hydrogen) atoms. The first kappa shape index (κ1) is 20.5. The van der Waals surface area contributed by atoms with Crippen LogP contribution in [0.1, 0.15) is 17.2 Å². The number of hydrogen-bond acceptors (Lipinski definition) is 5. The molecule has 2 aliphatic rings. The number of hydroxylamine groups is 1. The Balaban J connectivity index is 1.61. The third-order valence-electron chi connectivity index (χ3n) is 6.04. The summed E-state index contributed by atoms with van der Waals surface area (Å²) in [6, 6.07) is 21.7. The Hall–Kier alpha value is -3.35. The van der Waals surface area contributed by atoms with Crippen molar-refractivity contribution in [2.24, 2.45) is 5.92 Å². The summed E-state index contributed by atoms with van der Waals surface area (Å²) in [7, 11) is 1.59. The van der Waals surface area contributed by atoms with Gasteiger partial charge in [0.25, 0.3) is 5.91 Å². The maximum atomic E-state index is 13.7. The lowest BCUT2D eigenvalue weighted by Crippen LogP contribution is -2.37. The molecule has 0 N–H and O–H groups in total. The molecule has 2 saturated heterocycles. The number of carbonyl (C=O) groups excluding carboxylic acids is 2. The minimum atomic E-state index is -0.933. The first-order chi connectivity index (χ1) is 15.5. The van der Waals surface area contributed by atoms with Gasteiger partial charge in [0.1, 0.15) is 11.7 Å². The second-order valence-corrected chi connectivity index (χ2v) is 8.24. The molecule has 2 fully saturated rings. The van der Waals surface area contributed by atoms with E-state index >= 15 is 0 Å². The number of anilines is 2. The molecule has 7 heteroatoms. The molecule has 0 aromatic heterocycles. The third-order valence-corrected chi connectivity index (χ3v) is 6.45. The third kappa shape index (κ3) is 3.15. The van der Waals surface area contributed by atoms with Crippen LogP contribution in [0, 0.1) is 12.8 Å². The van der Waals surface area contributed by atoms with Crippen molar-refractivity contribution in [1.29, 1.82) is 0 Å². The molecule has 0 spiro atoms. The number of fused-ring (bicyclic) bond motifs is 1. The largest absolute Gasteiger partial charge is 0.497 e. The molecule has 5 rings (SSSR count). The number of methoxy groups -OCH3 is 1. The lowest BCUT2D eigenvalue weighted by Gasteiger charge is -2.29. The highest BCUT2D eigenvalue weighted by Gasteiger charge is 2.60. The number of halogens is 1. The quantitative estimate of drug-likeness (QED) is 0.541. The normalized spacial score (nSPS) is 22.4. The maximum Gasteiger partial charge on any atom is 0.266 e. The fourth-order valence-corrected chi connectivity index (χ4v) is 4.62. The number of carbonyl (C=O) groups is 2. The molecule has 3 aromatic rings. The van der Waals surface area contributed by atoms with Gasteiger partial charge >= 0.3 is 0 Å². The number of ether oxygens (including phenoxy) is 1. The van der Waals surface area contributed by atoms with Gasteiger partial charge in [-0.25, -0.2) is 9.96 Å². The maximum absolute atomic E-state index is 13.7. The number of para-hydroxylation sites is 1. The summed E-state index contributed by atoms with van der Waals surface area (Å²) in [4.78, 5) is 34.5. The van der Waals surface area contributed by atoms with E-state index < -0.39 is 24.0 Å². The lowest BCUT2D eigenvalue weighted by atomic mass is 9.90. The molecule has 6 nitrogen and oxygen atoms in total. The second-order valence-electron chi connectivity index (χ2n) is 7.83. The molecule has 162 valence electrons. The van der Waals surface area contributed by atoms with Gasteiger partial charge in [0.15, 0.2) is 6.10 Å². The van der Waals surface area contributed by atoms with E-state index in [2.05, 4.69) is 0 Å². The van der Waals surface area contributed by atoms with E-state index in [1.807, 2.05) is 54.6 Å². The van der Waals surface area contributed by atoms with Crippen molar-refractivity contribution in [3.8, 4) is 5.75 Å². The first-order valence-corrected chi connectivity index (χ1v) is 10.7. The summed E-state index contributed by atoms with van der Waals surface area (Å²) in [6.07, 6.45) is -0.933. The molecule has 0 saturated carbocycles. The van der Waals surface area contributed by atoms with Gasteiger partial charge in [0.05, 0.1) is 24.5 Å². The zero-order valence-corrected chi connectivity index (χ0v) is 18.3. The second kappa shape index (κ2) is 7.97. The van der Waals surface area contributed by atoms with E-state index in [1.54, 1.807) is 37.3 Å². The van der Waals surface area contributed by atoms with Gasteiger partial charge in [0, 0.05) is 5.02 Å². The van der Waals surface area contributed by atoms with Crippen molar-refractivity contribution >= 4 is 34.8 Å². The van der Waals surface area contributed by atoms with Crippen LogP contribution in [0.3, 0.4) is 0 Å². The molecule has 0 radical (unpaired) electrons. The molecular formula is C25H21ClN2O4. The van der Waals surface area contributed by atoms with Gasteiger partial charge in [-0.15, -0.1) is 0 Å². The minimum absolute atomic E-state index is 0.309. The summed E-state index contributed by atoms with van der Waals surface area (Å²) >= 11 is 6.27. The minimum Gasteiger partial charge on any atom is -0.497 e. The first-order valence-electron chi connectivity index (χ1n) is 10.3.